The number of benzene rings is 1. The average Bonchev–Trinajstić information content (AvgIpc) is 2.29. The van der Waals surface area contributed by atoms with Gasteiger partial charge in [-0.2, -0.15) is 0 Å². The molecular formula is C13H14BrN3. The van der Waals surface area contributed by atoms with Crippen LogP contribution in [0.2, 0.25) is 0 Å². The zero-order valence-electron chi connectivity index (χ0n) is 9.81. The fourth-order valence-corrected chi connectivity index (χ4v) is 1.81. The van der Waals surface area contributed by atoms with Gasteiger partial charge in [-0.15, -0.1) is 0 Å². The van der Waals surface area contributed by atoms with Crippen molar-refractivity contribution < 1.29 is 0 Å². The summed E-state index contributed by atoms with van der Waals surface area (Å²) < 4.78 is 0.826. The van der Waals surface area contributed by atoms with E-state index in [1.807, 2.05) is 44.4 Å². The number of nitrogens with zero attached hydrogens (tertiary/aromatic N) is 2. The van der Waals surface area contributed by atoms with E-state index in [1.165, 1.54) is 5.69 Å². The van der Waals surface area contributed by atoms with Gasteiger partial charge in [-0.1, -0.05) is 6.07 Å². The number of nitrogens with one attached hydrogen (secondary N) is 1. The highest BCUT2D eigenvalue weighted by Crippen LogP contribution is 2.19. The first kappa shape index (κ1) is 11.9. The normalized spacial score (nSPS) is 10.1. The molecular weight excluding hydrogens is 278 g/mol. The van der Waals surface area contributed by atoms with Crippen LogP contribution < -0.4 is 10.2 Å². The van der Waals surface area contributed by atoms with Crippen LogP contribution in [0.3, 0.4) is 0 Å². The van der Waals surface area contributed by atoms with E-state index in [4.69, 9.17) is 0 Å². The molecule has 1 aromatic carbocycles. The summed E-state index contributed by atoms with van der Waals surface area (Å²) in [5.41, 5.74) is 2.21. The molecule has 17 heavy (non-hydrogen) atoms. The molecule has 1 aromatic heterocycles. The van der Waals surface area contributed by atoms with E-state index in [9.17, 15) is 0 Å². The Morgan fingerprint density at radius 1 is 1.06 bits per heavy atom. The van der Waals surface area contributed by atoms with Gasteiger partial charge in [-0.05, 0) is 52.3 Å². The van der Waals surface area contributed by atoms with Crippen LogP contribution in [-0.4, -0.2) is 19.1 Å². The summed E-state index contributed by atoms with van der Waals surface area (Å²) in [5.74, 6) is 0.831. The molecule has 1 heterocycles. The highest BCUT2D eigenvalue weighted by molar-refractivity contribution is 9.10. The number of hydrogen-bond donors (Lipinski definition) is 1. The molecule has 88 valence electrons. The summed E-state index contributed by atoms with van der Waals surface area (Å²) >= 11 is 3.35. The smallest absolute Gasteiger partial charge is 0.131 e. The van der Waals surface area contributed by atoms with Crippen molar-refractivity contribution in [2.45, 2.75) is 0 Å². The first-order chi connectivity index (χ1) is 8.15. The average molecular weight is 292 g/mol. The summed E-state index contributed by atoms with van der Waals surface area (Å²) in [6, 6.07) is 14.0. The number of anilines is 3. The molecule has 3 nitrogen and oxygen atoms in total. The Morgan fingerprint density at radius 2 is 1.76 bits per heavy atom. The maximum Gasteiger partial charge on any atom is 0.131 e. The van der Waals surface area contributed by atoms with E-state index in [2.05, 4.69) is 43.3 Å². The van der Waals surface area contributed by atoms with E-state index in [1.54, 1.807) is 0 Å². The number of hydrogen-bond acceptors (Lipinski definition) is 3. The summed E-state index contributed by atoms with van der Waals surface area (Å²) in [6.07, 6.45) is 0. The minimum Gasteiger partial charge on any atom is -0.378 e. The predicted molar refractivity (Wildman–Crippen MR) is 76.0 cm³/mol. The van der Waals surface area contributed by atoms with Crippen LogP contribution >= 0.6 is 15.9 Å². The van der Waals surface area contributed by atoms with Crippen LogP contribution in [0.25, 0.3) is 0 Å². The molecule has 0 saturated heterocycles. The van der Waals surface area contributed by atoms with Crippen molar-refractivity contribution in [2.75, 3.05) is 24.3 Å². The SMILES string of the molecule is CN(C)c1ccc(Nc2cccc(Br)n2)cc1. The fourth-order valence-electron chi connectivity index (χ4n) is 1.47. The van der Waals surface area contributed by atoms with Crippen molar-refractivity contribution in [3.05, 3.63) is 47.1 Å². The van der Waals surface area contributed by atoms with Gasteiger partial charge in [0.1, 0.15) is 10.4 Å². The van der Waals surface area contributed by atoms with Crippen molar-refractivity contribution in [3.63, 3.8) is 0 Å². The number of pyridine rings is 1. The van der Waals surface area contributed by atoms with Crippen molar-refractivity contribution in [3.8, 4) is 0 Å². The van der Waals surface area contributed by atoms with Crippen LogP contribution in [-0.2, 0) is 0 Å². The molecule has 0 radical (unpaired) electrons. The van der Waals surface area contributed by atoms with Crippen LogP contribution in [0.5, 0.6) is 0 Å². The Hall–Kier alpha value is -1.55. The van der Waals surface area contributed by atoms with E-state index >= 15 is 0 Å². The third kappa shape index (κ3) is 3.20. The maximum absolute atomic E-state index is 4.32. The number of halogens is 1. The molecule has 2 aromatic rings. The van der Waals surface area contributed by atoms with Gasteiger partial charge in [0, 0.05) is 25.5 Å². The zero-order valence-corrected chi connectivity index (χ0v) is 11.4. The third-order valence-electron chi connectivity index (χ3n) is 2.37. The van der Waals surface area contributed by atoms with Gasteiger partial charge in [0.25, 0.3) is 0 Å². The minimum absolute atomic E-state index is 0.826. The molecule has 2 rings (SSSR count). The summed E-state index contributed by atoms with van der Waals surface area (Å²) in [6.45, 7) is 0. The summed E-state index contributed by atoms with van der Waals surface area (Å²) in [5, 5.41) is 3.25. The molecule has 0 spiro atoms. The zero-order chi connectivity index (χ0) is 12.3. The first-order valence-electron chi connectivity index (χ1n) is 5.32. The van der Waals surface area contributed by atoms with E-state index in [0.29, 0.717) is 0 Å². The van der Waals surface area contributed by atoms with E-state index < -0.39 is 0 Å². The van der Waals surface area contributed by atoms with Gasteiger partial charge >= 0.3 is 0 Å². The molecule has 0 saturated carbocycles. The molecule has 0 amide bonds. The standard InChI is InChI=1S/C13H14BrN3/c1-17(2)11-8-6-10(7-9-11)15-13-5-3-4-12(14)16-13/h3-9H,1-2H3,(H,15,16). The first-order valence-corrected chi connectivity index (χ1v) is 6.11. The fraction of sp³-hybridized carbons (Fsp3) is 0.154. The monoisotopic (exact) mass is 291 g/mol. The highest BCUT2D eigenvalue weighted by atomic mass is 79.9. The van der Waals surface area contributed by atoms with Crippen molar-refractivity contribution in [1.82, 2.24) is 4.98 Å². The Morgan fingerprint density at radius 3 is 2.35 bits per heavy atom. The lowest BCUT2D eigenvalue weighted by Gasteiger charge is -2.13. The molecule has 0 aliphatic heterocycles. The van der Waals surface area contributed by atoms with Crippen molar-refractivity contribution >= 4 is 33.1 Å². The van der Waals surface area contributed by atoms with Gasteiger partial charge in [0.15, 0.2) is 0 Å². The molecule has 0 atom stereocenters. The minimum atomic E-state index is 0.826. The molecule has 0 bridgehead atoms. The topological polar surface area (TPSA) is 28.2 Å². The summed E-state index contributed by atoms with van der Waals surface area (Å²) in [7, 11) is 4.05. The Labute approximate surface area is 110 Å². The second-order valence-corrected chi connectivity index (χ2v) is 4.72. The molecule has 4 heteroatoms. The maximum atomic E-state index is 4.32. The molecule has 1 N–H and O–H groups in total. The summed E-state index contributed by atoms with van der Waals surface area (Å²) in [4.78, 5) is 6.39. The quantitative estimate of drug-likeness (QED) is 0.875. The molecule has 0 aliphatic carbocycles. The van der Waals surface area contributed by atoms with Crippen molar-refractivity contribution in [2.24, 2.45) is 0 Å². The largest absolute Gasteiger partial charge is 0.378 e. The van der Waals surface area contributed by atoms with Gasteiger partial charge in [0.05, 0.1) is 0 Å². The lowest BCUT2D eigenvalue weighted by atomic mass is 10.2. The van der Waals surface area contributed by atoms with Crippen LogP contribution in [0.15, 0.2) is 47.1 Å². The Balaban J connectivity index is 2.14. The molecule has 0 aliphatic rings. The Bertz CT molecular complexity index is 494. The lowest BCUT2D eigenvalue weighted by molar-refractivity contribution is 1.13. The van der Waals surface area contributed by atoms with Gasteiger partial charge in [-0.25, -0.2) is 4.98 Å². The van der Waals surface area contributed by atoms with Crippen LogP contribution in [0.4, 0.5) is 17.2 Å². The lowest BCUT2D eigenvalue weighted by Crippen LogP contribution is -2.08. The number of aromatic nitrogens is 1. The predicted octanol–water partition coefficient (Wildman–Crippen LogP) is 3.65. The van der Waals surface area contributed by atoms with Gasteiger partial charge < -0.3 is 10.2 Å². The second-order valence-electron chi connectivity index (χ2n) is 3.91. The van der Waals surface area contributed by atoms with Crippen molar-refractivity contribution in [1.29, 1.82) is 0 Å². The van der Waals surface area contributed by atoms with Gasteiger partial charge in [0.2, 0.25) is 0 Å². The van der Waals surface area contributed by atoms with E-state index in [-0.39, 0.29) is 0 Å². The second kappa shape index (κ2) is 5.19. The van der Waals surface area contributed by atoms with Crippen LogP contribution in [0.1, 0.15) is 0 Å². The van der Waals surface area contributed by atoms with E-state index in [0.717, 1.165) is 16.1 Å². The van der Waals surface area contributed by atoms with Crippen LogP contribution in [0, 0.1) is 0 Å². The molecule has 0 unspecified atom stereocenters. The number of rotatable bonds is 3. The third-order valence-corrected chi connectivity index (χ3v) is 2.81. The molecule has 0 fully saturated rings. The highest BCUT2D eigenvalue weighted by Gasteiger charge is 1.98. The van der Waals surface area contributed by atoms with Gasteiger partial charge in [-0.3, -0.25) is 0 Å². The Kier molecular flexibility index (Phi) is 3.64.